The Kier molecular flexibility index (Phi) is 8.35. The summed E-state index contributed by atoms with van der Waals surface area (Å²) >= 11 is 1.71. The van der Waals surface area contributed by atoms with Crippen LogP contribution < -0.4 is 14.8 Å². The van der Waals surface area contributed by atoms with Crippen LogP contribution in [-0.2, 0) is 4.79 Å². The van der Waals surface area contributed by atoms with Crippen LogP contribution >= 0.6 is 11.8 Å². The van der Waals surface area contributed by atoms with E-state index in [1.54, 1.807) is 43.0 Å². The Morgan fingerprint density at radius 1 is 1.19 bits per heavy atom. The zero-order valence-electron chi connectivity index (χ0n) is 17.8. The highest BCUT2D eigenvalue weighted by Gasteiger charge is 2.13. The third-order valence-electron chi connectivity index (χ3n) is 4.17. The lowest BCUT2D eigenvalue weighted by Gasteiger charge is -2.13. The number of rotatable bonds is 10. The lowest BCUT2D eigenvalue weighted by molar-refractivity contribution is -0.112. The molecule has 1 amide bonds. The number of thioether (sulfide) groups is 1. The number of hydrogen-bond acceptors (Lipinski definition) is 7. The Morgan fingerprint density at radius 2 is 2.00 bits per heavy atom. The van der Waals surface area contributed by atoms with Gasteiger partial charge in [0.25, 0.3) is 5.91 Å². The molecule has 0 unspecified atom stereocenters. The van der Waals surface area contributed by atoms with Gasteiger partial charge in [0.05, 0.1) is 13.2 Å². The molecule has 0 spiro atoms. The number of nitriles is 1. The molecule has 164 valence electrons. The van der Waals surface area contributed by atoms with Crippen molar-refractivity contribution in [2.75, 3.05) is 24.3 Å². The highest BCUT2D eigenvalue weighted by molar-refractivity contribution is 7.99. The molecule has 2 aromatic carbocycles. The summed E-state index contributed by atoms with van der Waals surface area (Å²) in [6.45, 7) is 4.56. The molecule has 0 atom stereocenters. The number of amides is 1. The van der Waals surface area contributed by atoms with E-state index in [1.807, 2.05) is 31.2 Å². The fourth-order valence-corrected chi connectivity index (χ4v) is 3.51. The average Bonchev–Trinajstić information content (AvgIpc) is 3.21. The molecule has 3 aromatic rings. The van der Waals surface area contributed by atoms with E-state index < -0.39 is 5.91 Å². The second-order valence-corrected chi connectivity index (χ2v) is 7.76. The van der Waals surface area contributed by atoms with Gasteiger partial charge >= 0.3 is 0 Å². The Bertz CT molecular complexity index is 1120. The number of aromatic nitrogens is 1. The first-order valence-corrected chi connectivity index (χ1v) is 11.0. The predicted molar refractivity (Wildman–Crippen MR) is 124 cm³/mol. The van der Waals surface area contributed by atoms with E-state index in [4.69, 9.17) is 14.0 Å². The summed E-state index contributed by atoms with van der Waals surface area (Å²) in [5, 5.41) is 15.7. The van der Waals surface area contributed by atoms with E-state index >= 15 is 0 Å². The van der Waals surface area contributed by atoms with Gasteiger partial charge in [-0.05, 0) is 49.8 Å². The number of carbonyl (C=O) groups is 1. The van der Waals surface area contributed by atoms with Crippen LogP contribution in [-0.4, -0.2) is 30.0 Å². The molecule has 0 fully saturated rings. The van der Waals surface area contributed by atoms with E-state index in [2.05, 4.69) is 22.6 Å². The molecule has 0 saturated heterocycles. The summed E-state index contributed by atoms with van der Waals surface area (Å²) in [6, 6.07) is 18.9. The summed E-state index contributed by atoms with van der Waals surface area (Å²) in [5.74, 6) is 2.19. The highest BCUT2D eigenvalue weighted by atomic mass is 32.2. The fourth-order valence-electron chi connectivity index (χ4n) is 2.75. The van der Waals surface area contributed by atoms with Gasteiger partial charge in [0.1, 0.15) is 17.4 Å². The van der Waals surface area contributed by atoms with Crippen molar-refractivity contribution >= 4 is 29.6 Å². The predicted octanol–water partition coefficient (Wildman–Crippen LogP) is 5.10. The van der Waals surface area contributed by atoms with Crippen LogP contribution in [0.1, 0.15) is 18.2 Å². The van der Waals surface area contributed by atoms with Crippen LogP contribution in [0.15, 0.2) is 69.6 Å². The van der Waals surface area contributed by atoms with Gasteiger partial charge < -0.3 is 19.3 Å². The Balaban J connectivity index is 1.66. The normalized spacial score (nSPS) is 11.0. The Hall–Kier alpha value is -3.70. The van der Waals surface area contributed by atoms with Crippen LogP contribution in [0.5, 0.6) is 11.5 Å². The molecule has 0 saturated carbocycles. The zero-order valence-corrected chi connectivity index (χ0v) is 18.6. The van der Waals surface area contributed by atoms with Crippen molar-refractivity contribution in [2.45, 2.75) is 18.7 Å². The van der Waals surface area contributed by atoms with Gasteiger partial charge in [-0.25, -0.2) is 0 Å². The van der Waals surface area contributed by atoms with Crippen molar-refractivity contribution in [3.05, 3.63) is 71.5 Å². The summed E-state index contributed by atoms with van der Waals surface area (Å²) in [6.07, 6.45) is 1.49. The third kappa shape index (κ3) is 6.65. The van der Waals surface area contributed by atoms with Crippen molar-refractivity contribution in [2.24, 2.45) is 0 Å². The monoisotopic (exact) mass is 449 g/mol. The van der Waals surface area contributed by atoms with Gasteiger partial charge in [-0.15, -0.1) is 11.8 Å². The van der Waals surface area contributed by atoms with Crippen LogP contribution in [0.4, 0.5) is 5.82 Å². The standard InChI is InChI=1S/C24H23N3O4S/c1-3-29-22-15-18(14-19(16-25)24(28)26-23-13-17(2)31-27-23)9-10-21(22)30-11-12-32-20-7-5-4-6-8-20/h4-10,13-15H,3,11-12H2,1-2H3,(H,26,27,28). The van der Waals surface area contributed by atoms with Gasteiger partial charge in [-0.2, -0.15) is 5.26 Å². The Labute approximate surface area is 191 Å². The van der Waals surface area contributed by atoms with Crippen molar-refractivity contribution in [3.63, 3.8) is 0 Å². The van der Waals surface area contributed by atoms with E-state index in [0.717, 1.165) is 5.75 Å². The van der Waals surface area contributed by atoms with Crippen LogP contribution in [0.2, 0.25) is 0 Å². The summed E-state index contributed by atoms with van der Waals surface area (Å²) in [7, 11) is 0. The largest absolute Gasteiger partial charge is 0.490 e. The minimum atomic E-state index is -0.572. The molecule has 1 N–H and O–H groups in total. The van der Waals surface area contributed by atoms with E-state index in [0.29, 0.717) is 36.0 Å². The molecular formula is C24H23N3O4S. The van der Waals surface area contributed by atoms with Crippen LogP contribution in [0.25, 0.3) is 6.08 Å². The number of hydrogen-bond donors (Lipinski definition) is 1. The lowest BCUT2D eigenvalue weighted by Crippen LogP contribution is -2.13. The van der Waals surface area contributed by atoms with Crippen LogP contribution in [0.3, 0.4) is 0 Å². The highest BCUT2D eigenvalue weighted by Crippen LogP contribution is 2.30. The van der Waals surface area contributed by atoms with Crippen molar-refractivity contribution in [1.82, 2.24) is 5.16 Å². The molecule has 32 heavy (non-hydrogen) atoms. The number of anilines is 1. The van der Waals surface area contributed by atoms with Crippen molar-refractivity contribution in [1.29, 1.82) is 5.26 Å². The van der Waals surface area contributed by atoms with Crippen LogP contribution in [0, 0.1) is 18.3 Å². The second-order valence-electron chi connectivity index (χ2n) is 6.60. The number of nitrogens with one attached hydrogen (secondary N) is 1. The number of ether oxygens (including phenoxy) is 2. The second kappa shape index (κ2) is 11.6. The van der Waals surface area contributed by atoms with Gasteiger partial charge in [0.15, 0.2) is 17.3 Å². The van der Waals surface area contributed by atoms with Gasteiger partial charge in [0, 0.05) is 16.7 Å². The number of benzene rings is 2. The minimum Gasteiger partial charge on any atom is -0.490 e. The van der Waals surface area contributed by atoms with E-state index in [-0.39, 0.29) is 11.4 Å². The van der Waals surface area contributed by atoms with E-state index in [1.165, 1.54) is 11.0 Å². The molecule has 8 heteroatoms. The third-order valence-corrected chi connectivity index (χ3v) is 5.14. The van der Waals surface area contributed by atoms with Crippen molar-refractivity contribution in [3.8, 4) is 17.6 Å². The maximum Gasteiger partial charge on any atom is 0.267 e. The maximum absolute atomic E-state index is 12.4. The molecular weight excluding hydrogens is 426 g/mol. The van der Waals surface area contributed by atoms with Crippen molar-refractivity contribution < 1.29 is 18.8 Å². The molecule has 0 aliphatic heterocycles. The van der Waals surface area contributed by atoms with Gasteiger partial charge in [0.2, 0.25) is 0 Å². The molecule has 1 aromatic heterocycles. The molecule has 3 rings (SSSR count). The smallest absolute Gasteiger partial charge is 0.267 e. The number of carbonyl (C=O) groups excluding carboxylic acids is 1. The van der Waals surface area contributed by atoms with Gasteiger partial charge in [-0.3, -0.25) is 4.79 Å². The first-order chi connectivity index (χ1) is 15.6. The topological polar surface area (TPSA) is 97.4 Å². The molecule has 1 heterocycles. The molecule has 0 aliphatic carbocycles. The Morgan fingerprint density at radius 3 is 2.69 bits per heavy atom. The quantitative estimate of drug-likeness (QED) is 0.199. The SMILES string of the molecule is CCOc1cc(C=C(C#N)C(=O)Nc2cc(C)on2)ccc1OCCSc1ccccc1. The number of aryl methyl sites for hydroxylation is 1. The summed E-state index contributed by atoms with van der Waals surface area (Å²) in [4.78, 5) is 13.6. The average molecular weight is 450 g/mol. The summed E-state index contributed by atoms with van der Waals surface area (Å²) < 4.78 is 16.5. The zero-order chi connectivity index (χ0) is 22.8. The maximum atomic E-state index is 12.4. The molecule has 0 bridgehead atoms. The molecule has 0 aliphatic rings. The number of nitrogens with zero attached hydrogens (tertiary/aromatic N) is 2. The van der Waals surface area contributed by atoms with E-state index in [9.17, 15) is 10.1 Å². The molecule has 7 nitrogen and oxygen atoms in total. The minimum absolute atomic E-state index is 0.0685. The van der Waals surface area contributed by atoms with Gasteiger partial charge in [-0.1, -0.05) is 29.4 Å². The first-order valence-electron chi connectivity index (χ1n) is 10.0. The summed E-state index contributed by atoms with van der Waals surface area (Å²) in [5.41, 5.74) is 0.573. The molecule has 0 radical (unpaired) electrons. The first kappa shape index (κ1) is 23.0. The fraction of sp³-hybridized carbons (Fsp3) is 0.208. The lowest BCUT2D eigenvalue weighted by atomic mass is 10.1.